The summed E-state index contributed by atoms with van der Waals surface area (Å²) in [6, 6.07) is 12.0. The molecule has 2 aromatic rings. The van der Waals surface area contributed by atoms with Crippen molar-refractivity contribution in [3.8, 4) is 0 Å². The standard InChI is InChI=1S/C13H15N3OS/c1-17-9-12-15-11(7-13(18)16-12)14-8-10-5-3-2-4-6-10/h2-7H,8-9H2,1H3,(H2,14,15,16,18). The molecule has 1 aromatic carbocycles. The van der Waals surface area contributed by atoms with Gasteiger partial charge in [0.25, 0.3) is 0 Å². The predicted molar refractivity (Wildman–Crippen MR) is 73.9 cm³/mol. The van der Waals surface area contributed by atoms with Crippen molar-refractivity contribution in [3.63, 3.8) is 0 Å². The molecule has 1 heterocycles. The highest BCUT2D eigenvalue weighted by Crippen LogP contribution is 2.07. The highest BCUT2D eigenvalue weighted by Gasteiger charge is 1.99. The Bertz CT molecular complexity index is 554. The molecule has 0 aliphatic heterocycles. The van der Waals surface area contributed by atoms with Crippen molar-refractivity contribution in [1.29, 1.82) is 0 Å². The zero-order valence-electron chi connectivity index (χ0n) is 10.1. The Morgan fingerprint density at radius 1 is 1.33 bits per heavy atom. The lowest BCUT2D eigenvalue weighted by Crippen LogP contribution is -2.05. The Kier molecular flexibility index (Phi) is 4.44. The Morgan fingerprint density at radius 3 is 2.83 bits per heavy atom. The van der Waals surface area contributed by atoms with Crippen molar-refractivity contribution in [2.75, 3.05) is 12.4 Å². The van der Waals surface area contributed by atoms with Gasteiger partial charge < -0.3 is 15.0 Å². The lowest BCUT2D eigenvalue weighted by Gasteiger charge is -2.08. The van der Waals surface area contributed by atoms with Crippen LogP contribution in [0.2, 0.25) is 0 Å². The Balaban J connectivity index is 2.07. The topological polar surface area (TPSA) is 49.9 Å². The minimum Gasteiger partial charge on any atom is -0.377 e. The molecule has 0 unspecified atom stereocenters. The number of benzene rings is 1. The van der Waals surface area contributed by atoms with Gasteiger partial charge in [0.15, 0.2) is 0 Å². The molecule has 1 aromatic heterocycles. The molecule has 5 heteroatoms. The van der Waals surface area contributed by atoms with Crippen LogP contribution in [0.25, 0.3) is 0 Å². The van der Waals surface area contributed by atoms with Crippen molar-refractivity contribution >= 4 is 18.0 Å². The van der Waals surface area contributed by atoms with Gasteiger partial charge >= 0.3 is 0 Å². The van der Waals surface area contributed by atoms with Crippen molar-refractivity contribution in [2.45, 2.75) is 13.2 Å². The predicted octanol–water partition coefficient (Wildman–Crippen LogP) is 2.90. The van der Waals surface area contributed by atoms with E-state index in [-0.39, 0.29) is 0 Å². The van der Waals surface area contributed by atoms with Gasteiger partial charge in [-0.25, -0.2) is 4.98 Å². The summed E-state index contributed by atoms with van der Waals surface area (Å²) in [5, 5.41) is 3.28. The molecule has 0 aliphatic carbocycles. The zero-order chi connectivity index (χ0) is 12.8. The van der Waals surface area contributed by atoms with Crippen LogP contribution in [0.3, 0.4) is 0 Å². The van der Waals surface area contributed by atoms with E-state index in [1.165, 1.54) is 5.56 Å². The second kappa shape index (κ2) is 6.28. The number of anilines is 1. The van der Waals surface area contributed by atoms with Gasteiger partial charge in [-0.3, -0.25) is 0 Å². The van der Waals surface area contributed by atoms with Crippen LogP contribution < -0.4 is 5.32 Å². The van der Waals surface area contributed by atoms with E-state index in [9.17, 15) is 0 Å². The summed E-state index contributed by atoms with van der Waals surface area (Å²) in [6.07, 6.45) is 0. The van der Waals surface area contributed by atoms with Crippen LogP contribution in [0.5, 0.6) is 0 Å². The molecule has 0 spiro atoms. The van der Waals surface area contributed by atoms with Crippen LogP contribution in [0, 0.1) is 4.64 Å². The number of aromatic amines is 1. The second-order valence-corrected chi connectivity index (χ2v) is 4.27. The van der Waals surface area contributed by atoms with Gasteiger partial charge in [-0.05, 0) is 5.56 Å². The Morgan fingerprint density at radius 2 is 2.11 bits per heavy atom. The van der Waals surface area contributed by atoms with Gasteiger partial charge in [0.05, 0.1) is 0 Å². The first kappa shape index (κ1) is 12.7. The molecule has 0 saturated carbocycles. The third-order valence-corrected chi connectivity index (χ3v) is 2.61. The molecular formula is C13H15N3OS. The van der Waals surface area contributed by atoms with Gasteiger partial charge in [-0.2, -0.15) is 0 Å². The smallest absolute Gasteiger partial charge is 0.135 e. The molecule has 2 N–H and O–H groups in total. The number of H-pyrrole nitrogens is 1. The lowest BCUT2D eigenvalue weighted by atomic mass is 10.2. The quantitative estimate of drug-likeness (QED) is 0.813. The largest absolute Gasteiger partial charge is 0.377 e. The highest BCUT2D eigenvalue weighted by molar-refractivity contribution is 7.71. The summed E-state index contributed by atoms with van der Waals surface area (Å²) < 4.78 is 5.59. The molecule has 0 radical (unpaired) electrons. The fourth-order valence-corrected chi connectivity index (χ4v) is 1.83. The zero-order valence-corrected chi connectivity index (χ0v) is 11.0. The number of ether oxygens (including phenoxy) is 1. The van der Waals surface area contributed by atoms with E-state index in [1.54, 1.807) is 13.2 Å². The molecule has 2 rings (SSSR count). The third-order valence-electron chi connectivity index (χ3n) is 2.40. The van der Waals surface area contributed by atoms with Crippen LogP contribution in [0.1, 0.15) is 11.4 Å². The van der Waals surface area contributed by atoms with E-state index in [0.717, 1.165) is 18.2 Å². The van der Waals surface area contributed by atoms with Gasteiger partial charge in [-0.1, -0.05) is 42.5 Å². The van der Waals surface area contributed by atoms with Gasteiger partial charge in [0, 0.05) is 19.7 Å². The van der Waals surface area contributed by atoms with Gasteiger partial charge in [0.1, 0.15) is 22.9 Å². The number of nitrogens with one attached hydrogen (secondary N) is 2. The number of methoxy groups -OCH3 is 1. The monoisotopic (exact) mass is 261 g/mol. The molecule has 0 fully saturated rings. The van der Waals surface area contributed by atoms with Crippen molar-refractivity contribution in [3.05, 3.63) is 52.4 Å². The van der Waals surface area contributed by atoms with E-state index in [1.807, 2.05) is 18.2 Å². The highest BCUT2D eigenvalue weighted by atomic mass is 32.1. The lowest BCUT2D eigenvalue weighted by molar-refractivity contribution is 0.178. The number of aromatic nitrogens is 2. The molecule has 18 heavy (non-hydrogen) atoms. The van der Waals surface area contributed by atoms with E-state index in [4.69, 9.17) is 17.0 Å². The molecule has 4 nitrogen and oxygen atoms in total. The van der Waals surface area contributed by atoms with Gasteiger partial charge in [-0.15, -0.1) is 0 Å². The third kappa shape index (κ3) is 3.65. The van der Waals surface area contributed by atoms with Crippen molar-refractivity contribution < 1.29 is 4.74 Å². The number of nitrogens with zero attached hydrogens (tertiary/aromatic N) is 1. The number of rotatable bonds is 5. The molecular weight excluding hydrogens is 246 g/mol. The fraction of sp³-hybridized carbons (Fsp3) is 0.231. The minimum absolute atomic E-state index is 0.421. The molecule has 0 bridgehead atoms. The SMILES string of the molecule is COCc1nc(=S)cc(NCc2ccccc2)[nH]1. The minimum atomic E-state index is 0.421. The van der Waals surface area contributed by atoms with Crippen LogP contribution in [0.15, 0.2) is 36.4 Å². The molecule has 0 amide bonds. The fourth-order valence-electron chi connectivity index (χ4n) is 1.60. The second-order valence-electron chi connectivity index (χ2n) is 3.85. The summed E-state index contributed by atoms with van der Waals surface area (Å²) in [5.74, 6) is 1.58. The maximum Gasteiger partial charge on any atom is 0.135 e. The number of hydrogen-bond donors (Lipinski definition) is 2. The molecule has 94 valence electrons. The first-order valence-electron chi connectivity index (χ1n) is 5.65. The first-order valence-corrected chi connectivity index (χ1v) is 6.06. The Hall–Kier alpha value is -1.72. The molecule has 0 aliphatic rings. The summed E-state index contributed by atoms with van der Waals surface area (Å²) in [5.41, 5.74) is 1.21. The maximum atomic E-state index is 5.11. The summed E-state index contributed by atoms with van der Waals surface area (Å²) in [7, 11) is 1.63. The van der Waals surface area contributed by atoms with E-state index in [2.05, 4.69) is 27.4 Å². The average Bonchev–Trinajstić information content (AvgIpc) is 2.37. The van der Waals surface area contributed by atoms with E-state index >= 15 is 0 Å². The molecule has 0 atom stereocenters. The van der Waals surface area contributed by atoms with Gasteiger partial charge in [0.2, 0.25) is 0 Å². The van der Waals surface area contributed by atoms with Crippen LogP contribution in [0.4, 0.5) is 5.82 Å². The Labute approximate surface area is 111 Å². The van der Waals surface area contributed by atoms with Crippen molar-refractivity contribution in [1.82, 2.24) is 9.97 Å². The summed E-state index contributed by atoms with van der Waals surface area (Å²) >= 11 is 5.11. The van der Waals surface area contributed by atoms with Crippen LogP contribution >= 0.6 is 12.2 Å². The normalized spacial score (nSPS) is 10.3. The van der Waals surface area contributed by atoms with Crippen LogP contribution in [-0.2, 0) is 17.9 Å². The first-order chi connectivity index (χ1) is 8.78. The number of hydrogen-bond acceptors (Lipinski definition) is 4. The van der Waals surface area contributed by atoms with E-state index in [0.29, 0.717) is 11.2 Å². The van der Waals surface area contributed by atoms with Crippen molar-refractivity contribution in [2.24, 2.45) is 0 Å². The summed E-state index contributed by atoms with van der Waals surface area (Å²) in [4.78, 5) is 7.32. The van der Waals surface area contributed by atoms with Crippen LogP contribution in [-0.4, -0.2) is 17.1 Å². The average molecular weight is 261 g/mol. The summed E-state index contributed by atoms with van der Waals surface area (Å²) in [6.45, 7) is 1.16. The maximum absolute atomic E-state index is 5.11. The molecule has 0 saturated heterocycles. The van der Waals surface area contributed by atoms with E-state index < -0.39 is 0 Å².